The Kier molecular flexibility index (Phi) is 3.39. The highest BCUT2D eigenvalue weighted by Gasteiger charge is 2.40. The van der Waals surface area contributed by atoms with Crippen molar-refractivity contribution >= 4 is 0 Å². The van der Waals surface area contributed by atoms with Crippen LogP contribution in [-0.2, 0) is 13.5 Å². The highest BCUT2D eigenvalue weighted by Crippen LogP contribution is 2.36. The van der Waals surface area contributed by atoms with E-state index < -0.39 is 0 Å². The molecule has 4 nitrogen and oxygen atoms in total. The first-order valence-electron chi connectivity index (χ1n) is 7.22. The van der Waals surface area contributed by atoms with Crippen molar-refractivity contribution in [3.05, 3.63) is 18.0 Å². The van der Waals surface area contributed by atoms with Crippen molar-refractivity contribution in [1.82, 2.24) is 20.0 Å². The Labute approximate surface area is 109 Å². The van der Waals surface area contributed by atoms with Crippen LogP contribution in [0, 0.1) is 0 Å². The molecule has 0 amide bonds. The first-order chi connectivity index (χ1) is 8.78. The molecule has 0 radical (unpaired) electrons. The summed E-state index contributed by atoms with van der Waals surface area (Å²) in [5.41, 5.74) is 1.84. The third-order valence-corrected chi connectivity index (χ3v) is 4.65. The second-order valence-corrected chi connectivity index (χ2v) is 5.87. The summed E-state index contributed by atoms with van der Waals surface area (Å²) in [7, 11) is 1.99. The summed E-state index contributed by atoms with van der Waals surface area (Å²) in [6, 6.07) is 0. The summed E-state index contributed by atoms with van der Waals surface area (Å²) in [6.07, 6.45) is 10.9. The Morgan fingerprint density at radius 2 is 2.22 bits per heavy atom. The van der Waals surface area contributed by atoms with Gasteiger partial charge in [-0.1, -0.05) is 12.8 Å². The predicted octanol–water partition coefficient (Wildman–Crippen LogP) is 1.18. The van der Waals surface area contributed by atoms with E-state index in [0.29, 0.717) is 5.54 Å². The molecule has 0 unspecified atom stereocenters. The maximum Gasteiger partial charge on any atom is 0.0522 e. The highest BCUT2D eigenvalue weighted by atomic mass is 15.3. The Morgan fingerprint density at radius 1 is 1.39 bits per heavy atom. The molecule has 1 aliphatic carbocycles. The molecule has 4 heteroatoms. The number of rotatable bonds is 3. The number of hydrogen-bond donors (Lipinski definition) is 1. The Hall–Kier alpha value is -0.870. The molecule has 18 heavy (non-hydrogen) atoms. The smallest absolute Gasteiger partial charge is 0.0522 e. The van der Waals surface area contributed by atoms with Gasteiger partial charge in [-0.25, -0.2) is 0 Å². The molecule has 1 aromatic rings. The molecule has 100 valence electrons. The van der Waals surface area contributed by atoms with E-state index in [-0.39, 0.29) is 0 Å². The topological polar surface area (TPSA) is 33.1 Å². The zero-order valence-electron chi connectivity index (χ0n) is 11.4. The average Bonchev–Trinajstić information content (AvgIpc) is 2.99. The van der Waals surface area contributed by atoms with Crippen molar-refractivity contribution in [2.75, 3.05) is 26.2 Å². The third-order valence-electron chi connectivity index (χ3n) is 4.65. The molecule has 1 aliphatic heterocycles. The van der Waals surface area contributed by atoms with Gasteiger partial charge in [0.05, 0.1) is 6.20 Å². The van der Waals surface area contributed by atoms with Crippen molar-refractivity contribution in [3.63, 3.8) is 0 Å². The van der Waals surface area contributed by atoms with Gasteiger partial charge >= 0.3 is 0 Å². The molecule has 3 rings (SSSR count). The minimum atomic E-state index is 0.473. The van der Waals surface area contributed by atoms with Crippen molar-refractivity contribution in [2.24, 2.45) is 7.05 Å². The fourth-order valence-electron chi connectivity index (χ4n) is 3.62. The van der Waals surface area contributed by atoms with Crippen molar-refractivity contribution < 1.29 is 0 Å². The number of piperazine rings is 1. The first-order valence-corrected chi connectivity index (χ1v) is 7.22. The van der Waals surface area contributed by atoms with Crippen LogP contribution in [0.3, 0.4) is 0 Å². The van der Waals surface area contributed by atoms with Gasteiger partial charge in [-0.3, -0.25) is 9.58 Å². The molecular formula is C14H24N4. The number of aryl methyl sites for hydroxylation is 1. The molecule has 1 saturated heterocycles. The minimum Gasteiger partial charge on any atom is -0.314 e. The van der Waals surface area contributed by atoms with Gasteiger partial charge < -0.3 is 5.32 Å². The summed E-state index contributed by atoms with van der Waals surface area (Å²) >= 11 is 0. The lowest BCUT2D eigenvalue weighted by Crippen LogP contribution is -2.60. The van der Waals surface area contributed by atoms with E-state index in [0.717, 1.165) is 13.0 Å². The Bertz CT molecular complexity index is 392. The minimum absolute atomic E-state index is 0.473. The molecule has 1 N–H and O–H groups in total. The van der Waals surface area contributed by atoms with Crippen LogP contribution in [-0.4, -0.2) is 46.4 Å². The lowest BCUT2D eigenvalue weighted by Gasteiger charge is -2.45. The van der Waals surface area contributed by atoms with Gasteiger partial charge in [-0.15, -0.1) is 0 Å². The van der Waals surface area contributed by atoms with E-state index >= 15 is 0 Å². The monoisotopic (exact) mass is 248 g/mol. The molecule has 2 aliphatic rings. The van der Waals surface area contributed by atoms with Crippen LogP contribution in [0.5, 0.6) is 0 Å². The van der Waals surface area contributed by atoms with Gasteiger partial charge in [0.2, 0.25) is 0 Å². The van der Waals surface area contributed by atoms with Crippen molar-refractivity contribution in [1.29, 1.82) is 0 Å². The van der Waals surface area contributed by atoms with E-state index in [1.54, 1.807) is 0 Å². The quantitative estimate of drug-likeness (QED) is 0.872. The van der Waals surface area contributed by atoms with Crippen molar-refractivity contribution in [2.45, 2.75) is 37.6 Å². The second-order valence-electron chi connectivity index (χ2n) is 5.87. The number of hydrogen-bond acceptors (Lipinski definition) is 3. The summed E-state index contributed by atoms with van der Waals surface area (Å²) < 4.78 is 1.90. The molecule has 2 heterocycles. The lowest BCUT2D eigenvalue weighted by molar-refractivity contribution is 0.0661. The van der Waals surface area contributed by atoms with Gasteiger partial charge in [0.25, 0.3) is 0 Å². The van der Waals surface area contributed by atoms with Crippen LogP contribution in [0.1, 0.15) is 31.2 Å². The molecule has 0 atom stereocenters. The number of nitrogens with one attached hydrogen (secondary N) is 1. The number of aromatic nitrogens is 2. The molecule has 0 bridgehead atoms. The maximum atomic E-state index is 4.26. The van der Waals surface area contributed by atoms with Crippen LogP contribution in [0.2, 0.25) is 0 Å². The van der Waals surface area contributed by atoms with Crippen LogP contribution in [0.4, 0.5) is 0 Å². The summed E-state index contributed by atoms with van der Waals surface area (Å²) in [5, 5.41) is 7.85. The standard InChI is InChI=1S/C14H24N4/c1-17-11-13(10-16-17)4-8-18-9-7-15-12-14(18)5-2-3-6-14/h10-11,15H,2-9,12H2,1H3. The largest absolute Gasteiger partial charge is 0.314 e. The summed E-state index contributed by atoms with van der Waals surface area (Å²) in [6.45, 7) is 4.74. The van der Waals surface area contributed by atoms with Gasteiger partial charge in [-0.05, 0) is 24.8 Å². The fraction of sp³-hybridized carbons (Fsp3) is 0.786. The molecular weight excluding hydrogens is 224 g/mol. The second kappa shape index (κ2) is 5.02. The van der Waals surface area contributed by atoms with E-state index in [1.807, 2.05) is 17.9 Å². The molecule has 0 aromatic carbocycles. The summed E-state index contributed by atoms with van der Waals surface area (Å²) in [5.74, 6) is 0. The van der Waals surface area contributed by atoms with Gasteiger partial charge in [-0.2, -0.15) is 5.10 Å². The van der Waals surface area contributed by atoms with Crippen molar-refractivity contribution in [3.8, 4) is 0 Å². The van der Waals surface area contributed by atoms with Crippen LogP contribution in [0.15, 0.2) is 12.4 Å². The SMILES string of the molecule is Cn1cc(CCN2CCNCC23CCCC3)cn1. The maximum absolute atomic E-state index is 4.26. The lowest BCUT2D eigenvalue weighted by atomic mass is 9.92. The van der Waals surface area contributed by atoms with E-state index in [4.69, 9.17) is 0 Å². The van der Waals surface area contributed by atoms with E-state index in [1.165, 1.54) is 50.9 Å². The third kappa shape index (κ3) is 2.31. The predicted molar refractivity (Wildman–Crippen MR) is 72.6 cm³/mol. The van der Waals surface area contributed by atoms with Crippen LogP contribution < -0.4 is 5.32 Å². The van der Waals surface area contributed by atoms with E-state index in [9.17, 15) is 0 Å². The van der Waals surface area contributed by atoms with Crippen LogP contribution >= 0.6 is 0 Å². The molecule has 1 spiro atoms. The fourth-order valence-corrected chi connectivity index (χ4v) is 3.62. The van der Waals surface area contributed by atoms with Crippen LogP contribution in [0.25, 0.3) is 0 Å². The molecule has 2 fully saturated rings. The first kappa shape index (κ1) is 12.2. The van der Waals surface area contributed by atoms with Gasteiger partial charge in [0.15, 0.2) is 0 Å². The summed E-state index contributed by atoms with van der Waals surface area (Å²) in [4.78, 5) is 2.74. The normalized spacial score (nSPS) is 23.8. The zero-order valence-corrected chi connectivity index (χ0v) is 11.4. The molecule has 1 aromatic heterocycles. The van der Waals surface area contributed by atoms with E-state index in [2.05, 4.69) is 21.5 Å². The highest BCUT2D eigenvalue weighted by molar-refractivity contribution is 5.06. The molecule has 1 saturated carbocycles. The zero-order chi connectivity index (χ0) is 12.4. The Morgan fingerprint density at radius 3 is 2.94 bits per heavy atom. The van der Waals surface area contributed by atoms with Gasteiger partial charge in [0, 0.05) is 45.0 Å². The average molecular weight is 248 g/mol. The Balaban J connectivity index is 1.63. The number of nitrogens with zero attached hydrogens (tertiary/aromatic N) is 3. The van der Waals surface area contributed by atoms with Gasteiger partial charge in [0.1, 0.15) is 0 Å².